The van der Waals surface area contributed by atoms with E-state index in [2.05, 4.69) is 25.4 Å². The molecule has 0 unspecified atom stereocenters. The second kappa shape index (κ2) is 14.2. The number of hydrogen-bond donors (Lipinski definition) is 4. The fourth-order valence-electron chi connectivity index (χ4n) is 5.30. The van der Waals surface area contributed by atoms with Crippen molar-refractivity contribution >= 4 is 29.0 Å². The Morgan fingerprint density at radius 1 is 1.04 bits per heavy atom. The zero-order valence-corrected chi connectivity index (χ0v) is 27.8. The summed E-state index contributed by atoms with van der Waals surface area (Å²) < 4.78 is 74.0. The first kappa shape index (κ1) is 35.8. The van der Waals surface area contributed by atoms with Gasteiger partial charge in [0.2, 0.25) is 0 Å². The van der Waals surface area contributed by atoms with E-state index in [1.54, 1.807) is 24.5 Å². The maximum Gasteiger partial charge on any atom is 0.435 e. The number of pyridine rings is 1. The van der Waals surface area contributed by atoms with E-state index in [-0.39, 0.29) is 17.9 Å². The molecule has 4 N–H and O–H groups in total. The second-order valence-electron chi connectivity index (χ2n) is 12.9. The van der Waals surface area contributed by atoms with E-state index in [0.29, 0.717) is 35.1 Å². The summed E-state index contributed by atoms with van der Waals surface area (Å²) in [4.78, 5) is 28.9. The number of halogens is 4. The lowest BCUT2D eigenvalue weighted by Gasteiger charge is -2.38. The van der Waals surface area contributed by atoms with Crippen LogP contribution in [-0.2, 0) is 29.6 Å². The predicted octanol–water partition coefficient (Wildman–Crippen LogP) is 6.93. The molecule has 0 radical (unpaired) electrons. The Hall–Kier alpha value is -4.47. The molecule has 10 nitrogen and oxygen atoms in total. The van der Waals surface area contributed by atoms with Gasteiger partial charge in [-0.2, -0.15) is 18.3 Å². The monoisotopic (exact) mass is 700 g/mol. The molecular formula is C34H36F4N6O4S. The molecule has 0 aliphatic heterocycles. The summed E-state index contributed by atoms with van der Waals surface area (Å²) in [5.41, 5.74) is -1.76. The molecule has 1 aliphatic carbocycles. The van der Waals surface area contributed by atoms with Gasteiger partial charge in [-0.1, -0.05) is 37.1 Å². The molecule has 5 rings (SSSR count). The lowest BCUT2D eigenvalue weighted by molar-refractivity contribution is -0.141. The highest BCUT2D eigenvalue weighted by Gasteiger charge is 2.44. The van der Waals surface area contributed by atoms with Crippen LogP contribution in [0.3, 0.4) is 0 Å². The Labute approximate surface area is 283 Å². The van der Waals surface area contributed by atoms with Crippen molar-refractivity contribution in [3.8, 4) is 5.69 Å². The number of benzene rings is 2. The number of carboxylic acid groups (broad SMARTS) is 1. The highest BCUT2D eigenvalue weighted by molar-refractivity contribution is 7.90. The van der Waals surface area contributed by atoms with Crippen LogP contribution in [0.2, 0.25) is 0 Å². The van der Waals surface area contributed by atoms with Crippen molar-refractivity contribution in [2.75, 3.05) is 5.32 Å². The van der Waals surface area contributed by atoms with Crippen molar-refractivity contribution in [1.29, 1.82) is 0 Å². The molecule has 2 aromatic heterocycles. The van der Waals surface area contributed by atoms with E-state index in [1.807, 2.05) is 26.8 Å². The summed E-state index contributed by atoms with van der Waals surface area (Å²) in [6.07, 6.45) is 0.385. The smallest absolute Gasteiger partial charge is 0.435 e. The van der Waals surface area contributed by atoms with E-state index in [0.717, 1.165) is 30.0 Å². The van der Waals surface area contributed by atoms with Crippen molar-refractivity contribution in [3.63, 3.8) is 0 Å². The zero-order valence-electron chi connectivity index (χ0n) is 27.0. The molecule has 2 heterocycles. The van der Waals surface area contributed by atoms with E-state index in [1.165, 1.54) is 30.3 Å². The fraction of sp³-hybridized carbons (Fsp3) is 0.353. The zero-order chi connectivity index (χ0) is 35.6. The summed E-state index contributed by atoms with van der Waals surface area (Å²) in [6, 6.07) is 14.0. The first-order chi connectivity index (χ1) is 23.1. The highest BCUT2D eigenvalue weighted by atomic mass is 32.2. The number of carbonyl (C=O) groups excluding carboxylic acids is 1. The van der Waals surface area contributed by atoms with Gasteiger partial charge in [0.25, 0.3) is 5.91 Å². The SMILES string of the molecule is CC(C)(C)[S@+]([O-])N[C@](CCC1CC1)(c1cccnc1)c1ccc(F)c(NC(=O)c2cc(C(F)(F)F)nn2-c2cccc(CNC(=O)O)c2)c1. The third-order valence-corrected chi connectivity index (χ3v) is 9.79. The fourth-order valence-corrected chi connectivity index (χ4v) is 6.27. The van der Waals surface area contributed by atoms with Crippen LogP contribution in [0.15, 0.2) is 73.1 Å². The largest absolute Gasteiger partial charge is 0.598 e. The van der Waals surface area contributed by atoms with Crippen LogP contribution < -0.4 is 15.4 Å². The number of alkyl halides is 3. The highest BCUT2D eigenvalue weighted by Crippen LogP contribution is 2.43. The standard InChI is InChI=1S/C34H36F4N6O4S/c1-32(2,3)49(48)43-33(14-13-21-9-10-21,24-7-5-15-39-20-24)23-11-12-26(35)27(17-23)41-30(45)28-18-29(34(36,37)38)42-44(28)25-8-4-6-22(16-25)19-40-31(46)47/h4-8,11-12,15-18,20-21,40,43H,9-10,13-14,19H2,1-3H3,(H,41,45)(H,46,47)/t33-,49-/m0/s1. The molecule has 15 heteroatoms. The van der Waals surface area contributed by atoms with E-state index in [4.69, 9.17) is 5.11 Å². The minimum Gasteiger partial charge on any atom is -0.598 e. The van der Waals surface area contributed by atoms with Crippen LogP contribution in [-0.4, -0.2) is 41.2 Å². The number of nitrogens with one attached hydrogen (secondary N) is 3. The van der Waals surface area contributed by atoms with E-state index < -0.39 is 57.0 Å². The van der Waals surface area contributed by atoms with Crippen LogP contribution in [0.25, 0.3) is 5.69 Å². The molecule has 0 saturated heterocycles. The molecule has 2 atom stereocenters. The second-order valence-corrected chi connectivity index (χ2v) is 14.9. The molecule has 2 aromatic carbocycles. The van der Waals surface area contributed by atoms with Crippen molar-refractivity contribution in [2.45, 2.75) is 69.5 Å². The molecule has 0 spiro atoms. The van der Waals surface area contributed by atoms with Gasteiger partial charge in [-0.3, -0.25) is 9.78 Å². The van der Waals surface area contributed by atoms with Gasteiger partial charge < -0.3 is 20.3 Å². The number of aromatic nitrogens is 3. The number of rotatable bonds is 12. The van der Waals surface area contributed by atoms with Crippen LogP contribution in [0.5, 0.6) is 0 Å². The van der Waals surface area contributed by atoms with Crippen LogP contribution in [0, 0.1) is 11.7 Å². The maximum absolute atomic E-state index is 15.5. The normalized spacial score (nSPS) is 15.3. The van der Waals surface area contributed by atoms with Gasteiger partial charge in [-0.25, -0.2) is 13.9 Å². The van der Waals surface area contributed by atoms with E-state index in [9.17, 15) is 27.3 Å². The van der Waals surface area contributed by atoms with Gasteiger partial charge in [0.15, 0.2) is 5.69 Å². The van der Waals surface area contributed by atoms with Gasteiger partial charge in [-0.15, -0.1) is 4.72 Å². The van der Waals surface area contributed by atoms with Gasteiger partial charge in [-0.05, 0) is 86.6 Å². The molecule has 1 fully saturated rings. The number of carbonyl (C=O) groups is 2. The van der Waals surface area contributed by atoms with E-state index >= 15 is 4.39 Å². The summed E-state index contributed by atoms with van der Waals surface area (Å²) in [6.45, 7) is 5.30. The molecule has 49 heavy (non-hydrogen) atoms. The van der Waals surface area contributed by atoms with Crippen LogP contribution in [0.4, 0.5) is 28.0 Å². The summed E-state index contributed by atoms with van der Waals surface area (Å²) in [5, 5.41) is 17.2. The van der Waals surface area contributed by atoms with Crippen molar-refractivity contribution in [1.82, 2.24) is 24.8 Å². The summed E-state index contributed by atoms with van der Waals surface area (Å²) in [7, 11) is 0. The number of nitrogens with zero attached hydrogens (tertiary/aromatic N) is 3. The summed E-state index contributed by atoms with van der Waals surface area (Å²) >= 11 is -1.60. The Balaban J connectivity index is 1.56. The summed E-state index contributed by atoms with van der Waals surface area (Å²) in [5.74, 6) is -1.45. The van der Waals surface area contributed by atoms with Crippen molar-refractivity contribution < 1.29 is 36.8 Å². The minimum absolute atomic E-state index is 0.0455. The molecule has 4 aromatic rings. The molecule has 0 bridgehead atoms. The predicted molar refractivity (Wildman–Crippen MR) is 176 cm³/mol. The van der Waals surface area contributed by atoms with Crippen LogP contribution >= 0.6 is 0 Å². The Morgan fingerprint density at radius 3 is 2.43 bits per heavy atom. The lowest BCUT2D eigenvalue weighted by Crippen LogP contribution is -2.52. The third kappa shape index (κ3) is 8.58. The molecule has 2 amide bonds. The van der Waals surface area contributed by atoms with Gasteiger partial charge >= 0.3 is 12.3 Å². The number of hydrogen-bond acceptors (Lipinski definition) is 6. The Kier molecular flexibility index (Phi) is 10.4. The minimum atomic E-state index is -4.91. The average Bonchev–Trinajstić information content (AvgIpc) is 3.76. The topological polar surface area (TPSA) is 144 Å². The van der Waals surface area contributed by atoms with Crippen molar-refractivity contribution in [3.05, 3.63) is 107 Å². The lowest BCUT2D eigenvalue weighted by atomic mass is 9.80. The van der Waals surface area contributed by atoms with Gasteiger partial charge in [0.05, 0.1) is 11.4 Å². The Bertz CT molecular complexity index is 1810. The first-order valence-electron chi connectivity index (χ1n) is 15.5. The number of anilines is 1. The maximum atomic E-state index is 15.5. The Morgan fingerprint density at radius 2 is 1.80 bits per heavy atom. The van der Waals surface area contributed by atoms with Crippen LogP contribution in [0.1, 0.15) is 79.3 Å². The molecular weight excluding hydrogens is 664 g/mol. The molecule has 260 valence electrons. The third-order valence-electron chi connectivity index (χ3n) is 8.14. The average molecular weight is 701 g/mol. The van der Waals surface area contributed by atoms with Gasteiger partial charge in [0.1, 0.15) is 21.8 Å². The molecule has 1 aliphatic rings. The number of amides is 2. The van der Waals surface area contributed by atoms with Crippen molar-refractivity contribution in [2.24, 2.45) is 5.92 Å². The quantitative estimate of drug-likeness (QED) is 0.0927. The molecule has 1 saturated carbocycles. The van der Waals surface area contributed by atoms with Gasteiger partial charge in [0, 0.05) is 36.4 Å². The first-order valence-corrected chi connectivity index (χ1v) is 16.7.